The predicted octanol–water partition coefficient (Wildman–Crippen LogP) is 3.37. The van der Waals surface area contributed by atoms with E-state index >= 15 is 0 Å². The summed E-state index contributed by atoms with van der Waals surface area (Å²) in [5, 5.41) is 0. The number of rotatable bonds is 9. The van der Waals surface area contributed by atoms with Crippen LogP contribution in [0.1, 0.15) is 17.5 Å². The van der Waals surface area contributed by atoms with Gasteiger partial charge in [0.1, 0.15) is 0 Å². The standard InChI is InChI=1S/C23H33N3/c1-24-17-19-25(20-18-24)14-8-15-26(21-23-11-6-3-7-12-23)16-13-22-9-4-2-5-10-22/h2-7,9-12H,8,13-21H2,1H3. The molecule has 0 N–H and O–H groups in total. The smallest absolute Gasteiger partial charge is 0.0233 e. The Morgan fingerprint density at radius 1 is 0.769 bits per heavy atom. The SMILES string of the molecule is CN1CCN(CCCN(CCc2ccccc2)Cc2ccccc2)CC1. The lowest BCUT2D eigenvalue weighted by molar-refractivity contribution is 0.145. The molecule has 0 saturated carbocycles. The van der Waals surface area contributed by atoms with Crippen molar-refractivity contribution in [1.29, 1.82) is 0 Å². The van der Waals surface area contributed by atoms with E-state index in [4.69, 9.17) is 0 Å². The fraction of sp³-hybridized carbons (Fsp3) is 0.478. The van der Waals surface area contributed by atoms with Gasteiger partial charge in [-0.25, -0.2) is 0 Å². The highest BCUT2D eigenvalue weighted by molar-refractivity contribution is 5.16. The van der Waals surface area contributed by atoms with Gasteiger partial charge in [-0.3, -0.25) is 4.90 Å². The topological polar surface area (TPSA) is 9.72 Å². The molecule has 0 amide bonds. The maximum atomic E-state index is 2.62. The summed E-state index contributed by atoms with van der Waals surface area (Å²) in [6.07, 6.45) is 2.38. The molecule has 3 rings (SSSR count). The fourth-order valence-corrected chi connectivity index (χ4v) is 3.63. The molecule has 0 unspecified atom stereocenters. The van der Waals surface area contributed by atoms with E-state index in [1.807, 2.05) is 0 Å². The highest BCUT2D eigenvalue weighted by atomic mass is 15.2. The van der Waals surface area contributed by atoms with Crippen molar-refractivity contribution in [3.05, 3.63) is 71.8 Å². The van der Waals surface area contributed by atoms with Crippen molar-refractivity contribution in [2.75, 3.05) is 52.9 Å². The summed E-state index contributed by atoms with van der Waals surface area (Å²) in [4.78, 5) is 7.67. The highest BCUT2D eigenvalue weighted by Crippen LogP contribution is 2.09. The molecular weight excluding hydrogens is 318 g/mol. The average Bonchev–Trinajstić information content (AvgIpc) is 2.69. The van der Waals surface area contributed by atoms with Crippen molar-refractivity contribution < 1.29 is 0 Å². The number of likely N-dealkylation sites (N-methyl/N-ethyl adjacent to an activating group) is 1. The molecular formula is C23H33N3. The summed E-state index contributed by atoms with van der Waals surface area (Å²) in [6, 6.07) is 21.8. The molecule has 0 atom stereocenters. The second kappa shape index (κ2) is 10.5. The minimum atomic E-state index is 1.05. The lowest BCUT2D eigenvalue weighted by Gasteiger charge is -2.33. The molecule has 1 heterocycles. The molecule has 3 nitrogen and oxygen atoms in total. The van der Waals surface area contributed by atoms with Crippen molar-refractivity contribution in [3.8, 4) is 0 Å². The van der Waals surface area contributed by atoms with E-state index in [0.717, 1.165) is 19.5 Å². The number of piperazine rings is 1. The monoisotopic (exact) mass is 351 g/mol. The van der Waals surface area contributed by atoms with Gasteiger partial charge in [0.2, 0.25) is 0 Å². The van der Waals surface area contributed by atoms with Crippen molar-refractivity contribution in [2.45, 2.75) is 19.4 Å². The molecule has 2 aromatic carbocycles. The summed E-state index contributed by atoms with van der Waals surface area (Å²) in [5.74, 6) is 0. The summed E-state index contributed by atoms with van der Waals surface area (Å²) >= 11 is 0. The second-order valence-electron chi connectivity index (χ2n) is 7.50. The Kier molecular flexibility index (Phi) is 7.68. The first-order chi connectivity index (χ1) is 12.8. The van der Waals surface area contributed by atoms with Crippen molar-refractivity contribution in [1.82, 2.24) is 14.7 Å². The average molecular weight is 352 g/mol. The van der Waals surface area contributed by atoms with Crippen molar-refractivity contribution in [3.63, 3.8) is 0 Å². The lowest BCUT2D eigenvalue weighted by atomic mass is 10.1. The van der Waals surface area contributed by atoms with Crippen LogP contribution in [0.4, 0.5) is 0 Å². The lowest BCUT2D eigenvalue weighted by Crippen LogP contribution is -2.45. The summed E-state index contributed by atoms with van der Waals surface area (Å²) in [5.41, 5.74) is 2.85. The zero-order valence-electron chi connectivity index (χ0n) is 16.2. The van der Waals surface area contributed by atoms with E-state index in [-0.39, 0.29) is 0 Å². The highest BCUT2D eigenvalue weighted by Gasteiger charge is 2.14. The van der Waals surface area contributed by atoms with Gasteiger partial charge in [0.05, 0.1) is 0 Å². The minimum Gasteiger partial charge on any atom is -0.304 e. The molecule has 0 aromatic heterocycles. The number of hydrogen-bond acceptors (Lipinski definition) is 3. The maximum absolute atomic E-state index is 2.62. The third kappa shape index (κ3) is 6.56. The van der Waals surface area contributed by atoms with Crippen LogP contribution in [-0.2, 0) is 13.0 Å². The zero-order valence-corrected chi connectivity index (χ0v) is 16.2. The Hall–Kier alpha value is -1.68. The molecule has 0 spiro atoms. The molecule has 1 fully saturated rings. The minimum absolute atomic E-state index is 1.05. The van der Waals surface area contributed by atoms with E-state index < -0.39 is 0 Å². The first-order valence-electron chi connectivity index (χ1n) is 10.0. The molecule has 1 saturated heterocycles. The van der Waals surface area contributed by atoms with Crippen LogP contribution in [0.3, 0.4) is 0 Å². The first kappa shape index (κ1) is 19.1. The van der Waals surface area contributed by atoms with Crippen LogP contribution in [-0.4, -0.2) is 67.6 Å². The van der Waals surface area contributed by atoms with E-state index in [1.165, 1.54) is 56.8 Å². The number of nitrogens with zero attached hydrogens (tertiary/aromatic N) is 3. The molecule has 3 heteroatoms. The summed E-state index contributed by atoms with van der Waals surface area (Å²) < 4.78 is 0. The van der Waals surface area contributed by atoms with E-state index in [2.05, 4.69) is 82.4 Å². The Balaban J connectivity index is 1.48. The summed E-state index contributed by atoms with van der Waals surface area (Å²) in [6.45, 7) is 9.44. The molecule has 26 heavy (non-hydrogen) atoms. The van der Waals surface area contributed by atoms with Gasteiger partial charge in [0, 0.05) is 39.3 Å². The van der Waals surface area contributed by atoms with Crippen LogP contribution in [0.15, 0.2) is 60.7 Å². The van der Waals surface area contributed by atoms with Crippen LogP contribution in [0.2, 0.25) is 0 Å². The van der Waals surface area contributed by atoms with E-state index in [0.29, 0.717) is 0 Å². The van der Waals surface area contributed by atoms with Gasteiger partial charge < -0.3 is 9.80 Å². The molecule has 1 aliphatic rings. The maximum Gasteiger partial charge on any atom is 0.0233 e. The van der Waals surface area contributed by atoms with Gasteiger partial charge in [0.15, 0.2) is 0 Å². The van der Waals surface area contributed by atoms with Gasteiger partial charge in [-0.2, -0.15) is 0 Å². The van der Waals surface area contributed by atoms with Crippen LogP contribution in [0.5, 0.6) is 0 Å². The second-order valence-corrected chi connectivity index (χ2v) is 7.50. The van der Waals surface area contributed by atoms with Crippen LogP contribution in [0, 0.1) is 0 Å². The third-order valence-electron chi connectivity index (χ3n) is 5.35. The van der Waals surface area contributed by atoms with Gasteiger partial charge in [0.25, 0.3) is 0 Å². The fourth-order valence-electron chi connectivity index (χ4n) is 3.63. The third-order valence-corrected chi connectivity index (χ3v) is 5.35. The molecule has 0 bridgehead atoms. The van der Waals surface area contributed by atoms with Gasteiger partial charge in [-0.05, 0) is 44.1 Å². The predicted molar refractivity (Wildman–Crippen MR) is 110 cm³/mol. The van der Waals surface area contributed by atoms with E-state index in [9.17, 15) is 0 Å². The zero-order chi connectivity index (χ0) is 18.0. The molecule has 0 radical (unpaired) electrons. The van der Waals surface area contributed by atoms with E-state index in [1.54, 1.807) is 0 Å². The van der Waals surface area contributed by atoms with Gasteiger partial charge >= 0.3 is 0 Å². The Labute approximate surface area is 159 Å². The molecule has 1 aliphatic heterocycles. The number of hydrogen-bond donors (Lipinski definition) is 0. The molecule has 140 valence electrons. The van der Waals surface area contributed by atoms with Crippen molar-refractivity contribution in [2.24, 2.45) is 0 Å². The largest absolute Gasteiger partial charge is 0.304 e. The Morgan fingerprint density at radius 3 is 2.04 bits per heavy atom. The normalized spacial score (nSPS) is 16.2. The summed E-state index contributed by atoms with van der Waals surface area (Å²) in [7, 11) is 2.22. The van der Waals surface area contributed by atoms with Crippen LogP contribution < -0.4 is 0 Å². The van der Waals surface area contributed by atoms with Crippen molar-refractivity contribution >= 4 is 0 Å². The Bertz CT molecular complexity index is 606. The first-order valence-corrected chi connectivity index (χ1v) is 10.0. The quantitative estimate of drug-likeness (QED) is 0.686. The van der Waals surface area contributed by atoms with Crippen LogP contribution >= 0.6 is 0 Å². The molecule has 0 aliphatic carbocycles. The van der Waals surface area contributed by atoms with Gasteiger partial charge in [-0.1, -0.05) is 60.7 Å². The Morgan fingerprint density at radius 2 is 1.38 bits per heavy atom. The number of benzene rings is 2. The molecule has 2 aromatic rings. The van der Waals surface area contributed by atoms with Crippen LogP contribution in [0.25, 0.3) is 0 Å². The van der Waals surface area contributed by atoms with Gasteiger partial charge in [-0.15, -0.1) is 0 Å².